The lowest BCUT2D eigenvalue weighted by molar-refractivity contribution is -0.385. The van der Waals surface area contributed by atoms with E-state index in [-0.39, 0.29) is 27.4 Å². The predicted molar refractivity (Wildman–Crippen MR) is 77.8 cm³/mol. The molecule has 0 saturated carbocycles. The maximum absolute atomic E-state index is 11.0. The first-order chi connectivity index (χ1) is 9.90. The lowest BCUT2D eigenvalue weighted by atomic mass is 10.3. The zero-order chi connectivity index (χ0) is 15.6. The molecule has 110 valence electrons. The Bertz CT molecular complexity index is 710. The van der Waals surface area contributed by atoms with Crippen LogP contribution in [0.5, 0.6) is 11.6 Å². The molecule has 0 unspecified atom stereocenters. The summed E-state index contributed by atoms with van der Waals surface area (Å²) in [5, 5.41) is 11.2. The van der Waals surface area contributed by atoms with E-state index in [0.29, 0.717) is 11.6 Å². The van der Waals surface area contributed by atoms with Crippen molar-refractivity contribution in [3.05, 3.63) is 44.2 Å². The van der Waals surface area contributed by atoms with E-state index in [1.54, 1.807) is 6.92 Å². The molecule has 8 nitrogen and oxygen atoms in total. The number of nitrogens with one attached hydrogen (secondary N) is 1. The van der Waals surface area contributed by atoms with Crippen molar-refractivity contribution in [3.8, 4) is 11.6 Å². The van der Waals surface area contributed by atoms with Gasteiger partial charge in [0.15, 0.2) is 0 Å². The number of nitrogens with two attached hydrogens (primary N) is 1. The zero-order valence-corrected chi connectivity index (χ0v) is 12.1. The molecule has 0 spiro atoms. The number of hydrogen-bond donors (Lipinski definition) is 2. The molecule has 0 amide bonds. The number of aryl methyl sites for hydroxylation is 1. The number of aromatic nitrogens is 2. The summed E-state index contributed by atoms with van der Waals surface area (Å²) in [6, 6.07) is 3.74. The molecule has 10 heteroatoms. The molecule has 0 radical (unpaired) electrons. The van der Waals surface area contributed by atoms with Crippen LogP contribution in [0, 0.1) is 17.0 Å². The van der Waals surface area contributed by atoms with Gasteiger partial charge in [-0.15, -0.1) is 0 Å². The van der Waals surface area contributed by atoms with Gasteiger partial charge in [-0.2, -0.15) is 4.98 Å². The number of benzene rings is 1. The quantitative estimate of drug-likeness (QED) is 0.502. The highest BCUT2D eigenvalue weighted by molar-refractivity contribution is 6.42. The molecule has 2 rings (SSSR count). The van der Waals surface area contributed by atoms with Crippen LogP contribution in [0.1, 0.15) is 5.82 Å². The number of rotatable bonds is 4. The number of nitro groups is 1. The Hall–Kier alpha value is -2.16. The average Bonchev–Trinajstić information content (AvgIpc) is 2.41. The van der Waals surface area contributed by atoms with Crippen LogP contribution in [0.15, 0.2) is 18.2 Å². The highest BCUT2D eigenvalue weighted by Crippen LogP contribution is 2.37. The predicted octanol–water partition coefficient (Wildman–Crippen LogP) is 3.08. The molecule has 0 aliphatic heterocycles. The Kier molecular flexibility index (Phi) is 4.41. The van der Waals surface area contributed by atoms with E-state index >= 15 is 0 Å². The number of anilines is 1. The maximum atomic E-state index is 11.0. The monoisotopic (exact) mass is 329 g/mol. The number of ether oxygens (including phenoxy) is 1. The van der Waals surface area contributed by atoms with Gasteiger partial charge in [0.25, 0.3) is 0 Å². The molecule has 3 N–H and O–H groups in total. The van der Waals surface area contributed by atoms with Gasteiger partial charge >= 0.3 is 5.69 Å². The van der Waals surface area contributed by atoms with E-state index in [9.17, 15) is 10.1 Å². The normalized spacial score (nSPS) is 10.3. The van der Waals surface area contributed by atoms with Crippen molar-refractivity contribution in [2.24, 2.45) is 5.84 Å². The second-order valence-electron chi connectivity index (χ2n) is 3.88. The van der Waals surface area contributed by atoms with Gasteiger partial charge in [0.1, 0.15) is 11.6 Å². The van der Waals surface area contributed by atoms with E-state index in [1.807, 2.05) is 0 Å². The van der Waals surface area contributed by atoms with Gasteiger partial charge in [-0.25, -0.2) is 10.8 Å². The van der Waals surface area contributed by atoms with E-state index in [4.69, 9.17) is 33.8 Å². The van der Waals surface area contributed by atoms with Crippen LogP contribution in [0.4, 0.5) is 11.5 Å². The summed E-state index contributed by atoms with van der Waals surface area (Å²) in [7, 11) is 0. The van der Waals surface area contributed by atoms with Crippen LogP contribution in [-0.4, -0.2) is 14.9 Å². The summed E-state index contributed by atoms with van der Waals surface area (Å²) in [5.74, 6) is 5.94. The fraction of sp³-hybridized carbons (Fsp3) is 0.0909. The third kappa shape index (κ3) is 3.48. The molecule has 1 aromatic heterocycles. The van der Waals surface area contributed by atoms with Gasteiger partial charge in [0, 0.05) is 18.2 Å². The molecular formula is C11H9Cl2N5O3. The van der Waals surface area contributed by atoms with Crippen LogP contribution in [0.2, 0.25) is 10.0 Å². The number of nitrogen functional groups attached to an aromatic ring is 1. The Morgan fingerprint density at radius 1 is 1.29 bits per heavy atom. The number of nitrogens with zero attached hydrogens (tertiary/aromatic N) is 3. The van der Waals surface area contributed by atoms with Crippen LogP contribution in [0.3, 0.4) is 0 Å². The molecule has 21 heavy (non-hydrogen) atoms. The molecule has 0 fully saturated rings. The van der Waals surface area contributed by atoms with Gasteiger partial charge in [0.05, 0.1) is 15.0 Å². The van der Waals surface area contributed by atoms with Gasteiger partial charge in [0.2, 0.25) is 11.6 Å². The molecular weight excluding hydrogens is 321 g/mol. The van der Waals surface area contributed by atoms with E-state index in [0.717, 1.165) is 6.07 Å². The highest BCUT2D eigenvalue weighted by atomic mass is 35.5. The van der Waals surface area contributed by atoms with Gasteiger partial charge < -0.3 is 10.2 Å². The van der Waals surface area contributed by atoms with Crippen LogP contribution in [-0.2, 0) is 0 Å². The second kappa shape index (κ2) is 6.08. The fourth-order valence-corrected chi connectivity index (χ4v) is 1.83. The van der Waals surface area contributed by atoms with Crippen molar-refractivity contribution in [2.45, 2.75) is 6.92 Å². The third-order valence-electron chi connectivity index (χ3n) is 2.38. The van der Waals surface area contributed by atoms with Crippen molar-refractivity contribution in [1.82, 2.24) is 9.97 Å². The molecule has 0 aliphatic rings. The first-order valence-electron chi connectivity index (χ1n) is 5.54. The van der Waals surface area contributed by atoms with Crippen molar-refractivity contribution in [3.63, 3.8) is 0 Å². The van der Waals surface area contributed by atoms with Gasteiger partial charge in [-0.1, -0.05) is 23.2 Å². The molecule has 0 bridgehead atoms. The lowest BCUT2D eigenvalue weighted by Crippen LogP contribution is -2.10. The van der Waals surface area contributed by atoms with Crippen molar-refractivity contribution < 1.29 is 9.66 Å². The lowest BCUT2D eigenvalue weighted by Gasteiger charge is -2.08. The summed E-state index contributed by atoms with van der Waals surface area (Å²) in [5.41, 5.74) is 2.01. The number of nitro benzene ring substituents is 1. The van der Waals surface area contributed by atoms with Crippen LogP contribution in [0.25, 0.3) is 0 Å². The fourth-order valence-electron chi connectivity index (χ4n) is 1.52. The van der Waals surface area contributed by atoms with Crippen molar-refractivity contribution >= 4 is 34.7 Å². The first-order valence-corrected chi connectivity index (χ1v) is 6.30. The van der Waals surface area contributed by atoms with Crippen molar-refractivity contribution in [2.75, 3.05) is 5.43 Å². The molecule has 0 saturated heterocycles. The third-order valence-corrected chi connectivity index (χ3v) is 3.10. The topological polar surface area (TPSA) is 116 Å². The minimum Gasteiger partial charge on any atom is -0.432 e. The molecule has 0 atom stereocenters. The number of halogens is 2. The van der Waals surface area contributed by atoms with E-state index in [2.05, 4.69) is 15.4 Å². The standard InChI is InChI=1S/C11H9Cl2N5O3/c1-5-15-10(17-14)4-11(16-5)21-9-3-7(13)6(12)2-8(9)18(19)20/h2-4H,14H2,1H3,(H,15,16,17). The molecule has 0 aliphatic carbocycles. The highest BCUT2D eigenvalue weighted by Gasteiger charge is 2.20. The summed E-state index contributed by atoms with van der Waals surface area (Å²) in [6.45, 7) is 1.62. The first kappa shape index (κ1) is 15.2. The maximum Gasteiger partial charge on any atom is 0.313 e. The Labute approximate surface area is 129 Å². The average molecular weight is 330 g/mol. The van der Waals surface area contributed by atoms with Gasteiger partial charge in [-0.3, -0.25) is 10.1 Å². The summed E-state index contributed by atoms with van der Waals surface area (Å²) in [4.78, 5) is 18.4. The Morgan fingerprint density at radius 3 is 2.57 bits per heavy atom. The van der Waals surface area contributed by atoms with E-state index < -0.39 is 4.92 Å². The summed E-state index contributed by atoms with van der Waals surface area (Å²) in [6.07, 6.45) is 0. The minimum atomic E-state index is -0.631. The SMILES string of the molecule is Cc1nc(NN)cc(Oc2cc(Cl)c(Cl)cc2[N+](=O)[O-])n1. The van der Waals surface area contributed by atoms with Crippen LogP contribution < -0.4 is 16.0 Å². The number of hydrogen-bond acceptors (Lipinski definition) is 7. The molecule has 2 aromatic rings. The smallest absolute Gasteiger partial charge is 0.313 e. The molecule has 1 aromatic carbocycles. The number of hydrazine groups is 1. The largest absolute Gasteiger partial charge is 0.432 e. The van der Waals surface area contributed by atoms with E-state index in [1.165, 1.54) is 12.1 Å². The minimum absolute atomic E-state index is 0.0545. The zero-order valence-electron chi connectivity index (χ0n) is 10.6. The summed E-state index contributed by atoms with van der Waals surface area (Å²) >= 11 is 11.6. The summed E-state index contributed by atoms with van der Waals surface area (Å²) < 4.78 is 5.40. The molecule has 1 heterocycles. The van der Waals surface area contributed by atoms with Crippen LogP contribution >= 0.6 is 23.2 Å². The Morgan fingerprint density at radius 2 is 1.95 bits per heavy atom. The Balaban J connectivity index is 2.46. The van der Waals surface area contributed by atoms with Gasteiger partial charge in [-0.05, 0) is 6.92 Å². The second-order valence-corrected chi connectivity index (χ2v) is 4.69. The van der Waals surface area contributed by atoms with Crippen molar-refractivity contribution in [1.29, 1.82) is 0 Å².